The quantitative estimate of drug-likeness (QED) is 0.693. The van der Waals surface area contributed by atoms with Crippen molar-refractivity contribution in [2.45, 2.75) is 13.1 Å². The van der Waals surface area contributed by atoms with Crippen LogP contribution in [0.3, 0.4) is 0 Å². The number of carboxylic acids is 2. The molecule has 138 valence electrons. The average molecular weight is 358 g/mol. The molecule has 2 aromatic heterocycles. The van der Waals surface area contributed by atoms with Crippen molar-refractivity contribution in [3.63, 3.8) is 0 Å². The van der Waals surface area contributed by atoms with Gasteiger partial charge >= 0.3 is 11.9 Å². The van der Waals surface area contributed by atoms with Crippen LogP contribution in [0.15, 0.2) is 36.4 Å². The minimum atomic E-state index is -1.04. The zero-order chi connectivity index (χ0) is 19.1. The van der Waals surface area contributed by atoms with E-state index in [4.69, 9.17) is 10.2 Å². The molecule has 8 heteroatoms. The number of pyridine rings is 2. The highest BCUT2D eigenvalue weighted by Crippen LogP contribution is 2.05. The first-order valence-corrected chi connectivity index (χ1v) is 8.10. The zero-order valence-corrected chi connectivity index (χ0v) is 14.8. The molecule has 0 aliphatic carbocycles. The Labute approximate surface area is 151 Å². The fraction of sp³-hybridized carbons (Fsp3) is 0.333. The molecule has 0 bridgehead atoms. The maximum atomic E-state index is 11.0. The second kappa shape index (κ2) is 9.02. The van der Waals surface area contributed by atoms with Gasteiger partial charge in [0.2, 0.25) is 0 Å². The third kappa shape index (κ3) is 5.91. The molecule has 0 atom stereocenters. The number of rotatable bonds is 9. The number of carboxylic acid groups (broad SMARTS) is 2. The van der Waals surface area contributed by atoms with Gasteiger partial charge in [0.1, 0.15) is 11.4 Å². The van der Waals surface area contributed by atoms with Gasteiger partial charge < -0.3 is 10.2 Å². The Kier molecular flexibility index (Phi) is 6.76. The molecule has 0 saturated carbocycles. The molecule has 0 radical (unpaired) electrons. The van der Waals surface area contributed by atoms with Crippen LogP contribution in [-0.4, -0.2) is 69.1 Å². The van der Waals surface area contributed by atoms with E-state index in [-0.39, 0.29) is 11.4 Å². The number of aromatic carboxylic acids is 2. The third-order valence-corrected chi connectivity index (χ3v) is 3.78. The normalized spacial score (nSPS) is 11.1. The number of carbonyl (C=O) groups is 2. The molecule has 0 amide bonds. The molecule has 0 aliphatic heterocycles. The number of likely N-dealkylation sites (N-methyl/N-ethyl adjacent to an activating group) is 2. The van der Waals surface area contributed by atoms with Gasteiger partial charge in [-0.05, 0) is 38.4 Å². The van der Waals surface area contributed by atoms with Crippen LogP contribution in [0.5, 0.6) is 0 Å². The molecule has 2 heterocycles. The Morgan fingerprint density at radius 3 is 1.54 bits per heavy atom. The summed E-state index contributed by atoms with van der Waals surface area (Å²) in [5.41, 5.74) is 1.48. The van der Waals surface area contributed by atoms with Crippen LogP contribution >= 0.6 is 0 Å². The van der Waals surface area contributed by atoms with Gasteiger partial charge in [0, 0.05) is 26.2 Å². The first kappa shape index (κ1) is 19.5. The lowest BCUT2D eigenvalue weighted by Gasteiger charge is -2.21. The second-order valence-corrected chi connectivity index (χ2v) is 6.11. The van der Waals surface area contributed by atoms with Crippen molar-refractivity contribution in [2.24, 2.45) is 0 Å². The molecular weight excluding hydrogens is 336 g/mol. The van der Waals surface area contributed by atoms with E-state index in [1.165, 1.54) is 12.1 Å². The van der Waals surface area contributed by atoms with Crippen LogP contribution in [0.1, 0.15) is 32.4 Å². The van der Waals surface area contributed by atoms with Crippen molar-refractivity contribution >= 4 is 11.9 Å². The lowest BCUT2D eigenvalue weighted by molar-refractivity contribution is 0.0679. The highest BCUT2D eigenvalue weighted by Gasteiger charge is 2.10. The summed E-state index contributed by atoms with van der Waals surface area (Å²) in [5, 5.41) is 18.0. The van der Waals surface area contributed by atoms with E-state index in [1.54, 1.807) is 24.3 Å². The van der Waals surface area contributed by atoms with Crippen LogP contribution in [-0.2, 0) is 13.1 Å². The first-order valence-electron chi connectivity index (χ1n) is 8.10. The van der Waals surface area contributed by atoms with Gasteiger partial charge in [-0.3, -0.25) is 9.80 Å². The number of hydrogen-bond acceptors (Lipinski definition) is 6. The van der Waals surface area contributed by atoms with Crippen molar-refractivity contribution in [3.05, 3.63) is 59.2 Å². The Balaban J connectivity index is 1.84. The number of aromatic nitrogens is 2. The molecular formula is C18H22N4O4. The minimum absolute atomic E-state index is 0.0393. The summed E-state index contributed by atoms with van der Waals surface area (Å²) in [6.07, 6.45) is 0. The van der Waals surface area contributed by atoms with Crippen LogP contribution < -0.4 is 0 Å². The van der Waals surface area contributed by atoms with E-state index in [9.17, 15) is 9.59 Å². The first-order chi connectivity index (χ1) is 12.3. The average Bonchev–Trinajstić information content (AvgIpc) is 2.60. The van der Waals surface area contributed by atoms with Crippen LogP contribution in [0, 0.1) is 0 Å². The predicted molar refractivity (Wildman–Crippen MR) is 95.1 cm³/mol. The molecule has 2 rings (SSSR count). The van der Waals surface area contributed by atoms with Gasteiger partial charge in [-0.25, -0.2) is 19.6 Å². The van der Waals surface area contributed by atoms with E-state index < -0.39 is 11.9 Å². The van der Waals surface area contributed by atoms with Crippen LogP contribution in [0.4, 0.5) is 0 Å². The Morgan fingerprint density at radius 2 is 1.19 bits per heavy atom. The van der Waals surface area contributed by atoms with Gasteiger partial charge in [-0.1, -0.05) is 12.1 Å². The monoisotopic (exact) mass is 358 g/mol. The van der Waals surface area contributed by atoms with Crippen molar-refractivity contribution < 1.29 is 19.8 Å². The highest BCUT2D eigenvalue weighted by molar-refractivity contribution is 5.85. The summed E-state index contributed by atoms with van der Waals surface area (Å²) >= 11 is 0. The van der Waals surface area contributed by atoms with E-state index in [1.807, 2.05) is 23.9 Å². The maximum absolute atomic E-state index is 11.0. The summed E-state index contributed by atoms with van der Waals surface area (Å²) in [6.45, 7) is 2.58. The van der Waals surface area contributed by atoms with Crippen molar-refractivity contribution in [3.8, 4) is 0 Å². The van der Waals surface area contributed by atoms with E-state index in [0.717, 1.165) is 13.1 Å². The van der Waals surface area contributed by atoms with Gasteiger partial charge in [0.05, 0.1) is 11.4 Å². The van der Waals surface area contributed by atoms with E-state index in [2.05, 4.69) is 9.97 Å². The highest BCUT2D eigenvalue weighted by atomic mass is 16.4. The third-order valence-electron chi connectivity index (χ3n) is 3.78. The second-order valence-electron chi connectivity index (χ2n) is 6.11. The topological polar surface area (TPSA) is 107 Å². The van der Waals surface area contributed by atoms with E-state index >= 15 is 0 Å². The lowest BCUT2D eigenvalue weighted by atomic mass is 10.2. The van der Waals surface area contributed by atoms with E-state index in [0.29, 0.717) is 24.5 Å². The molecule has 0 unspecified atom stereocenters. The molecule has 0 aromatic carbocycles. The SMILES string of the molecule is CN(CCN(C)Cc1cccc(C(=O)O)n1)Cc1cccc(C(=O)O)n1. The molecule has 0 saturated heterocycles. The summed E-state index contributed by atoms with van der Waals surface area (Å²) in [6, 6.07) is 9.91. The molecule has 2 N–H and O–H groups in total. The molecule has 0 aliphatic rings. The molecule has 0 spiro atoms. The summed E-state index contributed by atoms with van der Waals surface area (Å²) < 4.78 is 0. The van der Waals surface area contributed by atoms with Crippen molar-refractivity contribution in [1.29, 1.82) is 0 Å². The Bertz CT molecular complexity index is 716. The zero-order valence-electron chi connectivity index (χ0n) is 14.8. The molecule has 2 aromatic rings. The lowest BCUT2D eigenvalue weighted by Crippen LogP contribution is -2.31. The number of hydrogen-bond donors (Lipinski definition) is 2. The van der Waals surface area contributed by atoms with Gasteiger partial charge in [0.15, 0.2) is 0 Å². The number of nitrogens with zero attached hydrogens (tertiary/aromatic N) is 4. The van der Waals surface area contributed by atoms with Crippen molar-refractivity contribution in [2.75, 3.05) is 27.2 Å². The smallest absolute Gasteiger partial charge is 0.354 e. The fourth-order valence-electron chi connectivity index (χ4n) is 2.43. The van der Waals surface area contributed by atoms with Gasteiger partial charge in [-0.2, -0.15) is 0 Å². The fourth-order valence-corrected chi connectivity index (χ4v) is 2.43. The maximum Gasteiger partial charge on any atom is 0.354 e. The van der Waals surface area contributed by atoms with Crippen molar-refractivity contribution in [1.82, 2.24) is 19.8 Å². The predicted octanol–water partition coefficient (Wildman–Crippen LogP) is 1.44. The van der Waals surface area contributed by atoms with Gasteiger partial charge in [0.25, 0.3) is 0 Å². The van der Waals surface area contributed by atoms with Gasteiger partial charge in [-0.15, -0.1) is 0 Å². The Morgan fingerprint density at radius 1 is 0.808 bits per heavy atom. The minimum Gasteiger partial charge on any atom is -0.477 e. The summed E-state index contributed by atoms with van der Waals surface area (Å²) in [7, 11) is 3.87. The largest absolute Gasteiger partial charge is 0.477 e. The molecule has 0 fully saturated rings. The van der Waals surface area contributed by atoms with Crippen LogP contribution in [0.2, 0.25) is 0 Å². The van der Waals surface area contributed by atoms with Crippen LogP contribution in [0.25, 0.3) is 0 Å². The molecule has 8 nitrogen and oxygen atoms in total. The molecule has 26 heavy (non-hydrogen) atoms. The summed E-state index contributed by atoms with van der Waals surface area (Å²) in [5.74, 6) is -2.07. The Hall–Kier alpha value is -2.84. The standard InChI is InChI=1S/C18H22N4O4/c1-21(11-13-5-3-7-15(19-13)17(23)24)9-10-22(2)12-14-6-4-8-16(20-14)18(25)26/h3-8H,9-12H2,1-2H3,(H,23,24)(H,25,26). The summed E-state index contributed by atoms with van der Waals surface area (Å²) in [4.78, 5) is 34.3.